The minimum absolute atomic E-state index is 0.0649. The van der Waals surface area contributed by atoms with Gasteiger partial charge in [-0.15, -0.1) is 0 Å². The van der Waals surface area contributed by atoms with Gasteiger partial charge in [-0.3, -0.25) is 4.79 Å². The van der Waals surface area contributed by atoms with Crippen LogP contribution in [0.2, 0.25) is 0 Å². The number of methoxy groups -OCH3 is 1. The van der Waals surface area contributed by atoms with Gasteiger partial charge in [-0.2, -0.15) is 0 Å². The van der Waals surface area contributed by atoms with Crippen LogP contribution in [0.15, 0.2) is 0 Å². The molecule has 0 saturated carbocycles. The van der Waals surface area contributed by atoms with Crippen molar-refractivity contribution in [1.29, 1.82) is 0 Å². The smallest absolute Gasteiger partial charge is 0.326 e. The molecule has 0 radical (unpaired) electrons. The van der Waals surface area contributed by atoms with Crippen LogP contribution in [0.1, 0.15) is 32.6 Å². The third kappa shape index (κ3) is 2.63. The van der Waals surface area contributed by atoms with Crippen molar-refractivity contribution in [1.82, 2.24) is 10.2 Å². The summed E-state index contributed by atoms with van der Waals surface area (Å²) in [6.07, 6.45) is 4.17. The third-order valence-corrected chi connectivity index (χ3v) is 4.27. The van der Waals surface area contributed by atoms with Crippen LogP contribution >= 0.6 is 0 Å². The van der Waals surface area contributed by atoms with E-state index in [0.29, 0.717) is 5.92 Å². The van der Waals surface area contributed by atoms with E-state index < -0.39 is 0 Å². The van der Waals surface area contributed by atoms with E-state index in [9.17, 15) is 4.79 Å². The predicted molar refractivity (Wildman–Crippen MR) is 66.8 cm³/mol. The lowest BCUT2D eigenvalue weighted by Crippen LogP contribution is -2.49. The molecule has 0 amide bonds. The second-order valence-corrected chi connectivity index (χ2v) is 5.36. The summed E-state index contributed by atoms with van der Waals surface area (Å²) in [5, 5.41) is 3.39. The average Bonchev–Trinajstić information content (AvgIpc) is 2.98. The van der Waals surface area contributed by atoms with Gasteiger partial charge in [-0.1, -0.05) is 6.92 Å². The minimum Gasteiger partial charge on any atom is -0.468 e. The molecule has 2 rings (SSSR count). The van der Waals surface area contributed by atoms with Crippen LogP contribution in [-0.4, -0.2) is 49.7 Å². The molecular weight excluding hydrogens is 216 g/mol. The Labute approximate surface area is 104 Å². The van der Waals surface area contributed by atoms with Crippen LogP contribution < -0.4 is 5.32 Å². The molecule has 1 N–H and O–H groups in total. The highest BCUT2D eigenvalue weighted by molar-refractivity contribution is 5.81. The van der Waals surface area contributed by atoms with E-state index in [1.807, 2.05) is 0 Å². The van der Waals surface area contributed by atoms with Gasteiger partial charge in [0.2, 0.25) is 0 Å². The summed E-state index contributed by atoms with van der Waals surface area (Å²) in [5.74, 6) is 0.574. The molecule has 0 aromatic carbocycles. The second kappa shape index (κ2) is 5.36. The maximum Gasteiger partial charge on any atom is 0.326 e. The zero-order valence-corrected chi connectivity index (χ0v) is 11.0. The number of hydrogen-bond donors (Lipinski definition) is 1. The zero-order chi connectivity index (χ0) is 12.3. The van der Waals surface area contributed by atoms with Gasteiger partial charge in [0.05, 0.1) is 7.11 Å². The quantitative estimate of drug-likeness (QED) is 0.745. The number of ether oxygens (including phenoxy) is 1. The first-order chi connectivity index (χ1) is 8.20. The van der Waals surface area contributed by atoms with Gasteiger partial charge in [-0.25, -0.2) is 0 Å². The summed E-state index contributed by atoms with van der Waals surface area (Å²) in [6, 6.07) is 0. The topological polar surface area (TPSA) is 41.6 Å². The van der Waals surface area contributed by atoms with Crippen LogP contribution in [0.3, 0.4) is 0 Å². The normalized spacial score (nSPS) is 34.1. The van der Waals surface area contributed by atoms with E-state index in [2.05, 4.69) is 17.1 Å². The molecule has 0 aliphatic carbocycles. The molecule has 2 fully saturated rings. The van der Waals surface area contributed by atoms with Gasteiger partial charge in [-0.05, 0) is 51.2 Å². The number of nitrogens with one attached hydrogen (secondary N) is 1. The van der Waals surface area contributed by atoms with Crippen LogP contribution in [0.4, 0.5) is 0 Å². The van der Waals surface area contributed by atoms with Gasteiger partial charge in [0.15, 0.2) is 0 Å². The lowest BCUT2D eigenvalue weighted by Gasteiger charge is -2.29. The monoisotopic (exact) mass is 240 g/mol. The molecule has 2 atom stereocenters. The van der Waals surface area contributed by atoms with E-state index in [4.69, 9.17) is 4.74 Å². The molecule has 2 heterocycles. The largest absolute Gasteiger partial charge is 0.468 e. The summed E-state index contributed by atoms with van der Waals surface area (Å²) in [7, 11) is 1.50. The molecule has 2 aliphatic heterocycles. The van der Waals surface area contributed by atoms with Crippen molar-refractivity contribution in [3.63, 3.8) is 0 Å². The average molecular weight is 240 g/mol. The van der Waals surface area contributed by atoms with E-state index in [1.54, 1.807) is 0 Å². The maximum atomic E-state index is 12.0. The van der Waals surface area contributed by atoms with E-state index in [-0.39, 0.29) is 11.5 Å². The number of carbonyl (C=O) groups excluding carboxylic acids is 1. The van der Waals surface area contributed by atoms with Gasteiger partial charge >= 0.3 is 5.97 Å². The van der Waals surface area contributed by atoms with Crippen molar-refractivity contribution in [2.24, 2.45) is 5.92 Å². The van der Waals surface area contributed by atoms with E-state index in [0.717, 1.165) is 38.9 Å². The highest BCUT2D eigenvalue weighted by Gasteiger charge is 2.44. The molecule has 17 heavy (non-hydrogen) atoms. The fraction of sp³-hybridized carbons (Fsp3) is 0.923. The standard InChI is InChI=1S/C13H24N2O2/c1-3-15-8-5-11(10-15)9-13(12(16)17-2)6-4-7-14-13/h11,14H,3-10H2,1-2H3. The molecule has 0 aromatic heterocycles. The van der Waals surface area contributed by atoms with Crippen molar-refractivity contribution in [2.45, 2.75) is 38.1 Å². The molecular formula is C13H24N2O2. The van der Waals surface area contributed by atoms with Crippen molar-refractivity contribution >= 4 is 5.97 Å². The maximum absolute atomic E-state index is 12.0. The van der Waals surface area contributed by atoms with E-state index in [1.165, 1.54) is 20.1 Å². The molecule has 2 unspecified atom stereocenters. The van der Waals surface area contributed by atoms with Crippen LogP contribution in [0, 0.1) is 5.92 Å². The molecule has 4 nitrogen and oxygen atoms in total. The van der Waals surface area contributed by atoms with Crippen molar-refractivity contribution < 1.29 is 9.53 Å². The second-order valence-electron chi connectivity index (χ2n) is 5.36. The highest BCUT2D eigenvalue weighted by Crippen LogP contribution is 2.32. The van der Waals surface area contributed by atoms with Crippen LogP contribution in [0.5, 0.6) is 0 Å². The Hall–Kier alpha value is -0.610. The number of rotatable bonds is 4. The number of nitrogens with zero attached hydrogens (tertiary/aromatic N) is 1. The Balaban J connectivity index is 1.97. The summed E-state index contributed by atoms with van der Waals surface area (Å²) in [5.41, 5.74) is -0.386. The summed E-state index contributed by atoms with van der Waals surface area (Å²) >= 11 is 0. The molecule has 0 bridgehead atoms. The Morgan fingerprint density at radius 2 is 2.41 bits per heavy atom. The molecule has 0 aromatic rings. The Bertz CT molecular complexity index is 275. The van der Waals surface area contributed by atoms with Gasteiger partial charge in [0.25, 0.3) is 0 Å². The lowest BCUT2D eigenvalue weighted by molar-refractivity contribution is -0.148. The summed E-state index contributed by atoms with van der Waals surface area (Å²) in [6.45, 7) is 6.58. The first-order valence-electron chi connectivity index (χ1n) is 6.76. The van der Waals surface area contributed by atoms with Crippen molar-refractivity contribution in [3.8, 4) is 0 Å². The summed E-state index contributed by atoms with van der Waals surface area (Å²) < 4.78 is 4.99. The van der Waals surface area contributed by atoms with Crippen molar-refractivity contribution in [2.75, 3.05) is 33.3 Å². The fourth-order valence-corrected chi connectivity index (χ4v) is 3.29. The SMILES string of the molecule is CCN1CCC(CC2(C(=O)OC)CCCN2)C1. The Kier molecular flexibility index (Phi) is 4.05. The zero-order valence-electron chi connectivity index (χ0n) is 11.0. The Morgan fingerprint density at radius 3 is 2.94 bits per heavy atom. The number of hydrogen-bond acceptors (Lipinski definition) is 4. The highest BCUT2D eigenvalue weighted by atomic mass is 16.5. The van der Waals surface area contributed by atoms with Crippen molar-refractivity contribution in [3.05, 3.63) is 0 Å². The van der Waals surface area contributed by atoms with Crippen LogP contribution in [-0.2, 0) is 9.53 Å². The van der Waals surface area contributed by atoms with Crippen LogP contribution in [0.25, 0.3) is 0 Å². The summed E-state index contributed by atoms with van der Waals surface area (Å²) in [4.78, 5) is 14.4. The first-order valence-corrected chi connectivity index (χ1v) is 6.76. The number of likely N-dealkylation sites (tertiary alicyclic amines) is 1. The molecule has 4 heteroatoms. The molecule has 98 valence electrons. The number of esters is 1. The number of carbonyl (C=O) groups is 1. The van der Waals surface area contributed by atoms with Gasteiger partial charge in [0.1, 0.15) is 5.54 Å². The van der Waals surface area contributed by atoms with Gasteiger partial charge < -0.3 is 15.0 Å². The molecule has 2 aliphatic rings. The molecule has 2 saturated heterocycles. The fourth-order valence-electron chi connectivity index (χ4n) is 3.29. The predicted octanol–water partition coefficient (Wildman–Crippen LogP) is 1.01. The Morgan fingerprint density at radius 1 is 1.59 bits per heavy atom. The first kappa shape index (κ1) is 12.8. The van der Waals surface area contributed by atoms with E-state index >= 15 is 0 Å². The molecule has 0 spiro atoms. The van der Waals surface area contributed by atoms with Gasteiger partial charge in [0, 0.05) is 6.54 Å². The minimum atomic E-state index is -0.386. The third-order valence-electron chi connectivity index (χ3n) is 4.27. The lowest BCUT2D eigenvalue weighted by atomic mass is 9.85.